The van der Waals surface area contributed by atoms with Crippen LogP contribution in [0.5, 0.6) is 0 Å². The van der Waals surface area contributed by atoms with Gasteiger partial charge in [0.25, 0.3) is 0 Å². The maximum Gasteiger partial charge on any atom is 0.238 e. The van der Waals surface area contributed by atoms with Crippen LogP contribution in [0.25, 0.3) is 94.7 Å². The van der Waals surface area contributed by atoms with Crippen LogP contribution in [0.4, 0.5) is 0 Å². The molecule has 3 heterocycles. The second-order valence-electron chi connectivity index (χ2n) is 12.4. The Hall–Kier alpha value is -6.85. The molecule has 0 saturated heterocycles. The SMILES string of the molecule is c1ccc(-c2cccc(-c3nc(-c4ccccc4)nc(-n4c5ccccc5c5ccc6c(oc7cccc(-c8ccccc8)c76)c54)n3)c2)cc1. The summed E-state index contributed by atoms with van der Waals surface area (Å²) in [5.74, 6) is 1.73. The zero-order valence-electron chi connectivity index (χ0n) is 26.9. The van der Waals surface area contributed by atoms with Gasteiger partial charge < -0.3 is 4.42 Å². The largest absolute Gasteiger partial charge is 0.454 e. The minimum absolute atomic E-state index is 0.529. The first-order valence-electron chi connectivity index (χ1n) is 16.7. The third kappa shape index (κ3) is 4.52. The van der Waals surface area contributed by atoms with E-state index >= 15 is 0 Å². The summed E-state index contributed by atoms with van der Waals surface area (Å²) in [5.41, 5.74) is 9.90. The molecule has 0 saturated carbocycles. The van der Waals surface area contributed by atoms with Gasteiger partial charge in [0.2, 0.25) is 5.95 Å². The molecule has 0 aliphatic heterocycles. The number of fused-ring (bicyclic) bond motifs is 7. The summed E-state index contributed by atoms with van der Waals surface area (Å²) in [7, 11) is 0. The highest BCUT2D eigenvalue weighted by Crippen LogP contribution is 2.43. The Kier molecular flexibility index (Phi) is 6.42. The molecule has 0 N–H and O–H groups in total. The normalized spacial score (nSPS) is 11.6. The van der Waals surface area contributed by atoms with Crippen molar-refractivity contribution in [1.29, 1.82) is 0 Å². The standard InChI is InChI=1S/C45H28N4O/c1-4-14-29(15-5-1)32-20-12-21-33(28-32)44-46-43(31-18-8-3-9-19-31)47-45(48-44)49-38-24-11-10-22-35(38)36-26-27-37-40-34(30-16-6-2-7-17-30)23-13-25-39(40)50-42(37)41(36)49/h1-28H. The molecule has 0 bridgehead atoms. The van der Waals surface area contributed by atoms with E-state index in [0.29, 0.717) is 17.6 Å². The predicted octanol–water partition coefficient (Wildman–Crippen LogP) is 11.5. The van der Waals surface area contributed by atoms with Crippen molar-refractivity contribution in [2.24, 2.45) is 0 Å². The molecule has 0 fully saturated rings. The zero-order valence-corrected chi connectivity index (χ0v) is 26.9. The number of hydrogen-bond donors (Lipinski definition) is 0. The summed E-state index contributed by atoms with van der Waals surface area (Å²) in [6, 6.07) is 58.5. The van der Waals surface area contributed by atoms with E-state index in [1.165, 1.54) is 0 Å². The molecule has 5 heteroatoms. The van der Waals surface area contributed by atoms with Gasteiger partial charge >= 0.3 is 0 Å². The van der Waals surface area contributed by atoms with E-state index in [2.05, 4.69) is 132 Å². The lowest BCUT2D eigenvalue weighted by Gasteiger charge is -2.11. The van der Waals surface area contributed by atoms with E-state index in [1.54, 1.807) is 0 Å². The smallest absolute Gasteiger partial charge is 0.238 e. The Morgan fingerprint density at radius 2 is 1.02 bits per heavy atom. The maximum atomic E-state index is 6.82. The first-order chi connectivity index (χ1) is 24.8. The van der Waals surface area contributed by atoms with E-state index < -0.39 is 0 Å². The lowest BCUT2D eigenvalue weighted by molar-refractivity contribution is 0.671. The highest BCUT2D eigenvalue weighted by molar-refractivity contribution is 6.23. The highest BCUT2D eigenvalue weighted by Gasteiger charge is 2.23. The van der Waals surface area contributed by atoms with Gasteiger partial charge in [0.05, 0.1) is 5.52 Å². The number of aromatic nitrogens is 4. The Morgan fingerprint density at radius 3 is 1.80 bits per heavy atom. The van der Waals surface area contributed by atoms with E-state index in [-0.39, 0.29) is 0 Å². The molecule has 234 valence electrons. The molecule has 10 rings (SSSR count). The summed E-state index contributed by atoms with van der Waals surface area (Å²) in [6.07, 6.45) is 0. The van der Waals surface area contributed by atoms with Crippen molar-refractivity contribution < 1.29 is 4.42 Å². The van der Waals surface area contributed by atoms with Crippen molar-refractivity contribution >= 4 is 43.7 Å². The van der Waals surface area contributed by atoms with Gasteiger partial charge in [0, 0.05) is 32.7 Å². The van der Waals surface area contributed by atoms with E-state index in [1.807, 2.05) is 42.5 Å². The molecular formula is C45H28N4O. The lowest BCUT2D eigenvalue weighted by Crippen LogP contribution is -2.06. The summed E-state index contributed by atoms with van der Waals surface area (Å²) in [6.45, 7) is 0. The first kappa shape index (κ1) is 28.2. The van der Waals surface area contributed by atoms with Crippen molar-refractivity contribution in [2.45, 2.75) is 0 Å². The Morgan fingerprint density at radius 1 is 0.420 bits per heavy atom. The number of benzene rings is 7. The maximum absolute atomic E-state index is 6.82. The average molecular weight is 641 g/mol. The van der Waals surface area contributed by atoms with Gasteiger partial charge in [0.1, 0.15) is 11.1 Å². The van der Waals surface area contributed by atoms with E-state index in [0.717, 1.165) is 77.1 Å². The number of nitrogens with zero attached hydrogens (tertiary/aromatic N) is 4. The number of hydrogen-bond acceptors (Lipinski definition) is 4. The fourth-order valence-electron chi connectivity index (χ4n) is 7.18. The topological polar surface area (TPSA) is 56.7 Å². The Bertz CT molecular complexity index is 2860. The molecule has 0 atom stereocenters. The monoisotopic (exact) mass is 640 g/mol. The minimum atomic E-state index is 0.529. The van der Waals surface area contributed by atoms with Gasteiger partial charge in [0.15, 0.2) is 17.2 Å². The fourth-order valence-corrected chi connectivity index (χ4v) is 7.18. The third-order valence-corrected chi connectivity index (χ3v) is 9.47. The van der Waals surface area contributed by atoms with Crippen LogP contribution in [0, 0.1) is 0 Å². The zero-order chi connectivity index (χ0) is 33.0. The van der Waals surface area contributed by atoms with Crippen LogP contribution in [0.1, 0.15) is 0 Å². The number of para-hydroxylation sites is 1. The molecule has 0 amide bonds. The minimum Gasteiger partial charge on any atom is -0.454 e. The van der Waals surface area contributed by atoms with Crippen molar-refractivity contribution in [1.82, 2.24) is 19.5 Å². The quantitative estimate of drug-likeness (QED) is 0.188. The average Bonchev–Trinajstić information content (AvgIpc) is 3.75. The van der Waals surface area contributed by atoms with Gasteiger partial charge in [-0.2, -0.15) is 9.97 Å². The van der Waals surface area contributed by atoms with Crippen molar-refractivity contribution in [3.8, 4) is 51.0 Å². The van der Waals surface area contributed by atoms with Gasteiger partial charge in [-0.3, -0.25) is 4.57 Å². The summed E-state index contributed by atoms with van der Waals surface area (Å²) in [5, 5.41) is 4.31. The Balaban J connectivity index is 1.28. The van der Waals surface area contributed by atoms with Crippen molar-refractivity contribution in [2.75, 3.05) is 0 Å². The van der Waals surface area contributed by atoms with Crippen LogP contribution in [0.3, 0.4) is 0 Å². The summed E-state index contributed by atoms with van der Waals surface area (Å²) in [4.78, 5) is 15.5. The molecular weight excluding hydrogens is 613 g/mol. The summed E-state index contributed by atoms with van der Waals surface area (Å²) >= 11 is 0. The third-order valence-electron chi connectivity index (χ3n) is 9.47. The van der Waals surface area contributed by atoms with E-state index in [9.17, 15) is 0 Å². The molecule has 5 nitrogen and oxygen atoms in total. The molecule has 0 aliphatic rings. The fraction of sp³-hybridized carbons (Fsp3) is 0. The molecule has 3 aromatic heterocycles. The van der Waals surface area contributed by atoms with Crippen molar-refractivity contribution in [3.63, 3.8) is 0 Å². The second-order valence-corrected chi connectivity index (χ2v) is 12.4. The predicted molar refractivity (Wildman–Crippen MR) is 203 cm³/mol. The Labute approximate surface area is 287 Å². The van der Waals surface area contributed by atoms with Gasteiger partial charge in [-0.1, -0.05) is 146 Å². The molecule has 0 aliphatic carbocycles. The molecule has 0 unspecified atom stereocenters. The molecule has 7 aromatic carbocycles. The van der Waals surface area contributed by atoms with E-state index in [4.69, 9.17) is 19.4 Å². The first-order valence-corrected chi connectivity index (χ1v) is 16.7. The summed E-state index contributed by atoms with van der Waals surface area (Å²) < 4.78 is 8.97. The van der Waals surface area contributed by atoms with Crippen LogP contribution in [-0.4, -0.2) is 19.5 Å². The highest BCUT2D eigenvalue weighted by atomic mass is 16.3. The molecule has 10 aromatic rings. The number of furan rings is 1. The van der Waals surface area contributed by atoms with Crippen LogP contribution < -0.4 is 0 Å². The molecule has 0 spiro atoms. The molecule has 50 heavy (non-hydrogen) atoms. The van der Waals surface area contributed by atoms with Gasteiger partial charge in [-0.15, -0.1) is 0 Å². The van der Waals surface area contributed by atoms with Crippen LogP contribution in [0.15, 0.2) is 174 Å². The second kappa shape index (κ2) is 11.4. The number of rotatable bonds is 5. The molecule has 0 radical (unpaired) electrons. The van der Waals surface area contributed by atoms with Crippen LogP contribution in [-0.2, 0) is 0 Å². The van der Waals surface area contributed by atoms with Gasteiger partial charge in [-0.05, 0) is 46.5 Å². The lowest BCUT2D eigenvalue weighted by atomic mass is 9.99. The van der Waals surface area contributed by atoms with Crippen LogP contribution in [0.2, 0.25) is 0 Å². The van der Waals surface area contributed by atoms with Gasteiger partial charge in [-0.25, -0.2) is 4.98 Å². The van der Waals surface area contributed by atoms with Crippen molar-refractivity contribution in [3.05, 3.63) is 170 Å². The van der Waals surface area contributed by atoms with Crippen LogP contribution >= 0.6 is 0 Å².